The lowest BCUT2D eigenvalue weighted by Gasteiger charge is -2.34. The van der Waals surface area contributed by atoms with Crippen molar-refractivity contribution in [1.29, 1.82) is 0 Å². The van der Waals surface area contributed by atoms with Crippen molar-refractivity contribution in [1.82, 2.24) is 4.90 Å². The van der Waals surface area contributed by atoms with E-state index >= 15 is 0 Å². The fourth-order valence-electron chi connectivity index (χ4n) is 2.25. The minimum atomic E-state index is -3.31. The molecule has 2 heterocycles. The van der Waals surface area contributed by atoms with E-state index in [-0.39, 0.29) is 23.8 Å². The van der Waals surface area contributed by atoms with Gasteiger partial charge in [0.2, 0.25) is 0 Å². The fourth-order valence-corrected chi connectivity index (χ4v) is 3.77. The maximum absolute atomic E-state index is 12.3. The van der Waals surface area contributed by atoms with Crippen LogP contribution in [0.1, 0.15) is 22.5 Å². The summed E-state index contributed by atoms with van der Waals surface area (Å²) in [4.78, 5) is 24.5. The van der Waals surface area contributed by atoms with E-state index in [0.717, 1.165) is 0 Å². The molecule has 1 aromatic rings. The molecule has 1 atom stereocenters. The van der Waals surface area contributed by atoms with Crippen molar-refractivity contribution in [3.8, 4) is 0 Å². The molecule has 8 heteroatoms. The number of aliphatic carboxylic acids is 1. The second-order valence-electron chi connectivity index (χ2n) is 4.80. The zero-order valence-electron chi connectivity index (χ0n) is 10.9. The first-order valence-corrected chi connectivity index (χ1v) is 7.89. The van der Waals surface area contributed by atoms with E-state index in [4.69, 9.17) is 9.52 Å². The van der Waals surface area contributed by atoms with Crippen LogP contribution in [0.2, 0.25) is 0 Å². The largest absolute Gasteiger partial charge is 0.481 e. The van der Waals surface area contributed by atoms with Gasteiger partial charge in [-0.1, -0.05) is 0 Å². The molecule has 0 aliphatic carbocycles. The molecule has 1 saturated heterocycles. The summed E-state index contributed by atoms with van der Waals surface area (Å²) in [5, 5.41) is 8.86. The van der Waals surface area contributed by atoms with Gasteiger partial charge in [-0.05, 0) is 13.0 Å². The van der Waals surface area contributed by atoms with Crippen LogP contribution in [0.4, 0.5) is 0 Å². The summed E-state index contributed by atoms with van der Waals surface area (Å²) < 4.78 is 28.3. The summed E-state index contributed by atoms with van der Waals surface area (Å²) >= 11 is 0. The van der Waals surface area contributed by atoms with Gasteiger partial charge in [0.1, 0.15) is 0 Å². The Bertz CT molecular complexity index is 632. The maximum Gasteiger partial charge on any atom is 0.305 e. The van der Waals surface area contributed by atoms with E-state index in [2.05, 4.69) is 0 Å². The Balaban J connectivity index is 2.26. The molecule has 1 aromatic heterocycles. The number of rotatable bonds is 3. The highest BCUT2D eigenvalue weighted by Gasteiger charge is 2.36. The van der Waals surface area contributed by atoms with Crippen molar-refractivity contribution >= 4 is 21.7 Å². The number of sulfone groups is 1. The third-order valence-corrected chi connectivity index (χ3v) is 4.95. The number of carbonyl (C=O) groups excluding carboxylic acids is 1. The first-order chi connectivity index (χ1) is 9.30. The molecule has 1 aliphatic rings. The molecule has 0 bridgehead atoms. The molecule has 1 fully saturated rings. The van der Waals surface area contributed by atoms with E-state index in [9.17, 15) is 18.0 Å². The van der Waals surface area contributed by atoms with Crippen molar-refractivity contribution in [3.63, 3.8) is 0 Å². The van der Waals surface area contributed by atoms with E-state index in [0.29, 0.717) is 5.56 Å². The molecule has 20 heavy (non-hydrogen) atoms. The number of aryl methyl sites for hydroxylation is 1. The molecular weight excluding hydrogens is 286 g/mol. The number of hydrogen-bond donors (Lipinski definition) is 1. The van der Waals surface area contributed by atoms with Gasteiger partial charge in [0, 0.05) is 12.1 Å². The van der Waals surface area contributed by atoms with Gasteiger partial charge in [0.15, 0.2) is 15.6 Å². The summed E-state index contributed by atoms with van der Waals surface area (Å²) in [7, 11) is -3.31. The Labute approximate surface area is 116 Å². The zero-order valence-corrected chi connectivity index (χ0v) is 11.7. The first-order valence-electron chi connectivity index (χ1n) is 6.07. The predicted octanol–water partition coefficient (Wildman–Crippen LogP) is 0.302. The molecule has 0 spiro atoms. The first kappa shape index (κ1) is 14.6. The van der Waals surface area contributed by atoms with Crippen molar-refractivity contribution in [2.24, 2.45) is 0 Å². The number of carboxylic acid groups (broad SMARTS) is 1. The fraction of sp³-hybridized carbons (Fsp3) is 0.500. The Morgan fingerprint density at radius 3 is 2.75 bits per heavy atom. The van der Waals surface area contributed by atoms with Gasteiger partial charge < -0.3 is 14.4 Å². The van der Waals surface area contributed by atoms with Crippen molar-refractivity contribution < 1.29 is 27.5 Å². The number of hydrogen-bond acceptors (Lipinski definition) is 5. The van der Waals surface area contributed by atoms with E-state index < -0.39 is 34.2 Å². The van der Waals surface area contributed by atoms with Gasteiger partial charge in [0.05, 0.1) is 30.2 Å². The number of furan rings is 1. The zero-order chi connectivity index (χ0) is 14.9. The van der Waals surface area contributed by atoms with Gasteiger partial charge in [0.25, 0.3) is 5.91 Å². The third-order valence-electron chi connectivity index (χ3n) is 3.26. The molecule has 0 aromatic carbocycles. The minimum absolute atomic E-state index is 0.0146. The number of nitrogens with zero attached hydrogens (tertiary/aromatic N) is 1. The number of carbonyl (C=O) groups is 2. The quantitative estimate of drug-likeness (QED) is 0.861. The van der Waals surface area contributed by atoms with Crippen LogP contribution < -0.4 is 0 Å². The van der Waals surface area contributed by atoms with Crippen LogP contribution in [0.15, 0.2) is 16.7 Å². The van der Waals surface area contributed by atoms with E-state index in [1.807, 2.05) is 0 Å². The Morgan fingerprint density at radius 1 is 1.50 bits per heavy atom. The number of amides is 1. The van der Waals surface area contributed by atoms with Gasteiger partial charge in [-0.25, -0.2) is 8.42 Å². The van der Waals surface area contributed by atoms with Crippen LogP contribution in [-0.2, 0) is 14.6 Å². The summed E-state index contributed by atoms with van der Waals surface area (Å²) in [6, 6.07) is 0.767. The van der Waals surface area contributed by atoms with Crippen LogP contribution in [0, 0.1) is 6.92 Å². The van der Waals surface area contributed by atoms with E-state index in [1.165, 1.54) is 11.2 Å². The van der Waals surface area contributed by atoms with Gasteiger partial charge in [-0.3, -0.25) is 9.59 Å². The van der Waals surface area contributed by atoms with Crippen molar-refractivity contribution in [3.05, 3.63) is 23.7 Å². The molecule has 1 unspecified atom stereocenters. The summed E-state index contributed by atoms with van der Waals surface area (Å²) in [6.45, 7) is 1.68. The van der Waals surface area contributed by atoms with Crippen molar-refractivity contribution in [2.45, 2.75) is 19.4 Å². The predicted molar refractivity (Wildman–Crippen MR) is 69.2 cm³/mol. The molecule has 1 aliphatic heterocycles. The van der Waals surface area contributed by atoms with Crippen LogP contribution in [-0.4, -0.2) is 54.4 Å². The average molecular weight is 301 g/mol. The summed E-state index contributed by atoms with van der Waals surface area (Å²) in [5.74, 6) is -1.96. The molecule has 110 valence electrons. The molecule has 7 nitrogen and oxygen atoms in total. The lowest BCUT2D eigenvalue weighted by molar-refractivity contribution is -0.138. The van der Waals surface area contributed by atoms with Crippen LogP contribution in [0.3, 0.4) is 0 Å². The lowest BCUT2D eigenvalue weighted by Crippen LogP contribution is -2.52. The van der Waals surface area contributed by atoms with Gasteiger partial charge in [-0.15, -0.1) is 0 Å². The summed E-state index contributed by atoms with van der Waals surface area (Å²) in [5.41, 5.74) is 0.637. The van der Waals surface area contributed by atoms with Crippen LogP contribution >= 0.6 is 0 Å². The lowest BCUT2D eigenvalue weighted by atomic mass is 10.1. The van der Waals surface area contributed by atoms with Gasteiger partial charge in [-0.2, -0.15) is 0 Å². The third kappa shape index (κ3) is 3.01. The molecular formula is C12H15NO6S. The average Bonchev–Trinajstić information content (AvgIpc) is 2.73. The highest BCUT2D eigenvalue weighted by molar-refractivity contribution is 7.91. The molecule has 1 amide bonds. The number of carboxylic acids is 1. The molecule has 1 N–H and O–H groups in total. The highest BCUT2D eigenvalue weighted by Crippen LogP contribution is 2.20. The van der Waals surface area contributed by atoms with Crippen LogP contribution in [0.25, 0.3) is 0 Å². The maximum atomic E-state index is 12.3. The minimum Gasteiger partial charge on any atom is -0.481 e. The summed E-state index contributed by atoms with van der Waals surface area (Å²) in [6.07, 6.45) is 0.972. The van der Waals surface area contributed by atoms with E-state index in [1.54, 1.807) is 13.0 Å². The molecule has 0 radical (unpaired) electrons. The SMILES string of the molecule is Cc1ccoc1C(=O)N1CCS(=O)(=O)CC1CC(=O)O. The van der Waals surface area contributed by atoms with Crippen LogP contribution in [0.5, 0.6) is 0 Å². The second-order valence-corrected chi connectivity index (χ2v) is 7.03. The standard InChI is InChI=1S/C12H15NO6S/c1-8-2-4-19-11(8)12(16)13-3-5-20(17,18)7-9(13)6-10(14)15/h2,4,9H,3,5-7H2,1H3,(H,14,15). The smallest absolute Gasteiger partial charge is 0.305 e. The monoisotopic (exact) mass is 301 g/mol. The normalized spacial score (nSPS) is 21.6. The Kier molecular flexibility index (Phi) is 3.85. The van der Waals surface area contributed by atoms with Crippen molar-refractivity contribution in [2.75, 3.05) is 18.1 Å². The Hall–Kier alpha value is -1.83. The highest BCUT2D eigenvalue weighted by atomic mass is 32.2. The Morgan fingerprint density at radius 2 is 2.20 bits per heavy atom. The second kappa shape index (κ2) is 5.28. The molecule has 0 saturated carbocycles. The topological polar surface area (TPSA) is 105 Å². The molecule has 2 rings (SSSR count). The van der Waals surface area contributed by atoms with Gasteiger partial charge >= 0.3 is 5.97 Å².